The van der Waals surface area contributed by atoms with Gasteiger partial charge in [-0.25, -0.2) is 9.97 Å². The molecule has 0 bridgehead atoms. The first kappa shape index (κ1) is 13.5. The van der Waals surface area contributed by atoms with Crippen LogP contribution in [0.4, 0.5) is 0 Å². The summed E-state index contributed by atoms with van der Waals surface area (Å²) >= 11 is 1.41. The third kappa shape index (κ3) is 3.09. The van der Waals surface area contributed by atoms with E-state index in [4.69, 9.17) is 9.78 Å². The number of nitriles is 1. The Bertz CT molecular complexity index is 632. The van der Waals surface area contributed by atoms with E-state index in [0.29, 0.717) is 39.6 Å². The molecular weight excluding hydrogens is 262 g/mol. The first-order valence-electron chi connectivity index (χ1n) is 5.83. The van der Waals surface area contributed by atoms with Gasteiger partial charge in [-0.15, -0.1) is 0 Å². The van der Waals surface area contributed by atoms with E-state index in [2.05, 4.69) is 26.2 Å². The van der Waals surface area contributed by atoms with E-state index in [9.17, 15) is 0 Å². The van der Waals surface area contributed by atoms with Gasteiger partial charge in [0.25, 0.3) is 0 Å². The summed E-state index contributed by atoms with van der Waals surface area (Å²) in [5.74, 6) is 2.38. The minimum absolute atomic E-state index is 0.498. The Labute approximate surface area is 115 Å². The summed E-state index contributed by atoms with van der Waals surface area (Å²) in [5.41, 5.74) is 1.20. The molecule has 0 N–H and O–H groups in total. The molecule has 0 saturated heterocycles. The highest BCUT2D eigenvalue weighted by Gasteiger charge is 2.12. The molecule has 0 aromatic carbocycles. The summed E-state index contributed by atoms with van der Waals surface area (Å²) in [6.07, 6.45) is 0.739. The van der Waals surface area contributed by atoms with Gasteiger partial charge >= 0.3 is 0 Å². The molecule has 2 aromatic rings. The number of aryl methyl sites for hydroxylation is 3. The Kier molecular flexibility index (Phi) is 4.12. The monoisotopic (exact) mass is 275 g/mol. The fourth-order valence-corrected chi connectivity index (χ4v) is 2.45. The predicted octanol–water partition coefficient (Wildman–Crippen LogP) is 2.20. The van der Waals surface area contributed by atoms with Gasteiger partial charge < -0.3 is 4.52 Å². The summed E-state index contributed by atoms with van der Waals surface area (Å²) in [6, 6.07) is 2.13. The van der Waals surface area contributed by atoms with E-state index >= 15 is 0 Å². The van der Waals surface area contributed by atoms with Crippen LogP contribution in [0.1, 0.15) is 35.7 Å². The van der Waals surface area contributed by atoms with Crippen molar-refractivity contribution in [2.45, 2.75) is 38.0 Å². The Hall–Kier alpha value is -1.94. The highest BCUT2D eigenvalue weighted by molar-refractivity contribution is 7.98. The SMILES string of the molecule is CCc1noc(CSc2nc(C)nc(C)c2C#N)n1. The van der Waals surface area contributed by atoms with Gasteiger partial charge in [0.05, 0.1) is 11.4 Å². The maximum Gasteiger partial charge on any atom is 0.237 e. The molecule has 0 amide bonds. The van der Waals surface area contributed by atoms with Crippen molar-refractivity contribution in [3.8, 4) is 6.07 Å². The fraction of sp³-hybridized carbons (Fsp3) is 0.417. The van der Waals surface area contributed by atoms with Crippen LogP contribution in [0.15, 0.2) is 9.55 Å². The van der Waals surface area contributed by atoms with Crippen LogP contribution in [0, 0.1) is 25.2 Å². The van der Waals surface area contributed by atoms with Crippen LogP contribution in [0.2, 0.25) is 0 Å². The first-order chi connectivity index (χ1) is 9.13. The van der Waals surface area contributed by atoms with Crippen LogP contribution in [0.25, 0.3) is 0 Å². The highest BCUT2D eigenvalue weighted by Crippen LogP contribution is 2.25. The first-order valence-corrected chi connectivity index (χ1v) is 6.82. The Balaban J connectivity index is 2.17. The van der Waals surface area contributed by atoms with E-state index in [-0.39, 0.29) is 0 Å². The standard InChI is InChI=1S/C12H13N5OS/c1-4-10-16-11(18-17-10)6-19-12-9(5-13)7(2)14-8(3)15-12/h4,6H2,1-3H3. The lowest BCUT2D eigenvalue weighted by atomic mass is 10.3. The molecule has 0 saturated carbocycles. The lowest BCUT2D eigenvalue weighted by Crippen LogP contribution is -1.99. The Morgan fingerprint density at radius 2 is 2.05 bits per heavy atom. The Morgan fingerprint density at radius 1 is 1.26 bits per heavy atom. The normalized spacial score (nSPS) is 10.4. The van der Waals surface area contributed by atoms with Crippen molar-refractivity contribution >= 4 is 11.8 Å². The molecule has 0 aliphatic rings. The second-order valence-corrected chi connectivity index (χ2v) is 4.86. The third-order valence-corrected chi connectivity index (χ3v) is 3.40. The van der Waals surface area contributed by atoms with Crippen LogP contribution in [0.3, 0.4) is 0 Å². The van der Waals surface area contributed by atoms with Crippen molar-refractivity contribution in [2.75, 3.05) is 0 Å². The van der Waals surface area contributed by atoms with Gasteiger partial charge in [-0.1, -0.05) is 23.8 Å². The van der Waals surface area contributed by atoms with Crippen LogP contribution >= 0.6 is 11.8 Å². The minimum Gasteiger partial charge on any atom is -0.338 e. The van der Waals surface area contributed by atoms with E-state index in [1.54, 1.807) is 13.8 Å². The second-order valence-electron chi connectivity index (χ2n) is 3.89. The maximum absolute atomic E-state index is 9.13. The van der Waals surface area contributed by atoms with Crippen molar-refractivity contribution < 1.29 is 4.52 Å². The van der Waals surface area contributed by atoms with Crippen LogP contribution in [-0.4, -0.2) is 20.1 Å². The van der Waals surface area contributed by atoms with Gasteiger partial charge in [0, 0.05) is 6.42 Å². The lowest BCUT2D eigenvalue weighted by Gasteiger charge is -2.04. The summed E-state index contributed by atoms with van der Waals surface area (Å²) in [5, 5.41) is 13.6. The zero-order valence-electron chi connectivity index (χ0n) is 11.0. The van der Waals surface area contributed by atoms with Crippen molar-refractivity contribution in [3.05, 3.63) is 28.8 Å². The molecule has 2 heterocycles. The van der Waals surface area contributed by atoms with Crippen LogP contribution < -0.4 is 0 Å². The molecule has 98 valence electrons. The van der Waals surface area contributed by atoms with Gasteiger partial charge in [0.1, 0.15) is 22.5 Å². The average Bonchev–Trinajstić information content (AvgIpc) is 2.83. The largest absolute Gasteiger partial charge is 0.338 e. The van der Waals surface area contributed by atoms with Crippen LogP contribution in [-0.2, 0) is 12.2 Å². The molecule has 0 spiro atoms. The van der Waals surface area contributed by atoms with Crippen molar-refractivity contribution in [1.29, 1.82) is 5.26 Å². The van der Waals surface area contributed by atoms with Gasteiger partial charge in [-0.2, -0.15) is 10.2 Å². The highest BCUT2D eigenvalue weighted by atomic mass is 32.2. The lowest BCUT2D eigenvalue weighted by molar-refractivity contribution is 0.385. The van der Waals surface area contributed by atoms with Crippen LogP contribution in [0.5, 0.6) is 0 Å². The number of hydrogen-bond acceptors (Lipinski definition) is 7. The molecule has 7 heteroatoms. The molecule has 0 unspecified atom stereocenters. The second kappa shape index (κ2) is 5.80. The summed E-state index contributed by atoms with van der Waals surface area (Å²) < 4.78 is 5.10. The predicted molar refractivity (Wildman–Crippen MR) is 69.5 cm³/mol. The molecule has 19 heavy (non-hydrogen) atoms. The maximum atomic E-state index is 9.13. The minimum atomic E-state index is 0.498. The van der Waals surface area contributed by atoms with Gasteiger partial charge in [0.15, 0.2) is 5.82 Å². The molecule has 0 aliphatic heterocycles. The van der Waals surface area contributed by atoms with E-state index in [1.807, 2.05) is 6.92 Å². The zero-order valence-corrected chi connectivity index (χ0v) is 11.8. The molecule has 0 atom stereocenters. The number of thioether (sulfide) groups is 1. The molecule has 2 rings (SSSR count). The van der Waals surface area contributed by atoms with E-state index < -0.39 is 0 Å². The van der Waals surface area contributed by atoms with Crippen molar-refractivity contribution in [2.24, 2.45) is 0 Å². The van der Waals surface area contributed by atoms with E-state index in [1.165, 1.54) is 11.8 Å². The van der Waals surface area contributed by atoms with Gasteiger partial charge in [-0.3, -0.25) is 0 Å². The quantitative estimate of drug-likeness (QED) is 0.624. The number of nitrogens with zero attached hydrogens (tertiary/aromatic N) is 5. The molecule has 0 aliphatic carbocycles. The molecule has 6 nitrogen and oxygen atoms in total. The number of hydrogen-bond donors (Lipinski definition) is 0. The van der Waals surface area contributed by atoms with E-state index in [0.717, 1.165) is 6.42 Å². The average molecular weight is 275 g/mol. The topological polar surface area (TPSA) is 88.5 Å². The molecule has 2 aromatic heterocycles. The van der Waals surface area contributed by atoms with Crippen molar-refractivity contribution in [3.63, 3.8) is 0 Å². The molecule has 0 fully saturated rings. The summed E-state index contributed by atoms with van der Waals surface area (Å²) in [7, 11) is 0. The molecule has 0 radical (unpaired) electrons. The zero-order chi connectivity index (χ0) is 13.8. The number of rotatable bonds is 4. The fourth-order valence-electron chi connectivity index (χ4n) is 1.54. The van der Waals surface area contributed by atoms with Gasteiger partial charge in [0.2, 0.25) is 5.89 Å². The smallest absolute Gasteiger partial charge is 0.237 e. The summed E-state index contributed by atoms with van der Waals surface area (Å²) in [4.78, 5) is 12.7. The third-order valence-electron chi connectivity index (χ3n) is 2.44. The molecular formula is C12H13N5OS. The summed E-state index contributed by atoms with van der Waals surface area (Å²) in [6.45, 7) is 5.58. The Morgan fingerprint density at radius 3 is 2.68 bits per heavy atom. The number of aromatic nitrogens is 4. The van der Waals surface area contributed by atoms with Crippen molar-refractivity contribution in [1.82, 2.24) is 20.1 Å². The van der Waals surface area contributed by atoms with Gasteiger partial charge in [-0.05, 0) is 13.8 Å².